The normalized spacial score (nSPS) is 18.9. The van der Waals surface area contributed by atoms with Crippen LogP contribution < -0.4 is 10.6 Å². The monoisotopic (exact) mass is 282 g/mol. The molecule has 0 spiro atoms. The molecule has 0 rings (SSSR count). The molecule has 0 aliphatic rings. The van der Waals surface area contributed by atoms with Gasteiger partial charge in [0, 0.05) is 18.5 Å². The van der Waals surface area contributed by atoms with Gasteiger partial charge in [0.1, 0.15) is 0 Å². The highest BCUT2D eigenvalue weighted by atomic mass is 16.5. The number of ether oxygens (including phenoxy) is 2. The minimum atomic E-state index is -2.81. The van der Waals surface area contributed by atoms with E-state index in [4.69, 9.17) is 21.2 Å². The fourth-order valence-electron chi connectivity index (χ4n) is 0.377. The highest BCUT2D eigenvalue weighted by Gasteiger charge is 2.01. The summed E-state index contributed by atoms with van der Waals surface area (Å²) < 4.78 is 64.1. The van der Waals surface area contributed by atoms with E-state index in [9.17, 15) is 9.59 Å². The van der Waals surface area contributed by atoms with Gasteiger partial charge in [-0.25, -0.2) is 0 Å². The van der Waals surface area contributed by atoms with Gasteiger partial charge in [-0.3, -0.25) is 14.9 Å². The molecule has 4 N–H and O–H groups in total. The fraction of sp³-hybridized carbons (Fsp3) is 0.800. The van der Waals surface area contributed by atoms with E-state index in [1.54, 1.807) is 10.6 Å². The molecule has 18 heavy (non-hydrogen) atoms. The number of methoxy groups -OCH3 is 2. The van der Waals surface area contributed by atoms with Crippen molar-refractivity contribution in [2.45, 2.75) is 0 Å². The Balaban J connectivity index is 0. The minimum absolute atomic E-state index is 0.841. The van der Waals surface area contributed by atoms with Crippen LogP contribution in [-0.2, 0) is 19.1 Å². The van der Waals surface area contributed by atoms with Crippen molar-refractivity contribution in [2.24, 2.45) is 0 Å². The van der Waals surface area contributed by atoms with E-state index in [0.717, 1.165) is 14.2 Å². The molecule has 0 saturated carbocycles. The number of carbonyl (C=O) groups is 2. The maximum Gasteiger partial charge on any atom is 0.319 e. The van der Waals surface area contributed by atoms with Crippen LogP contribution in [-0.4, -0.2) is 75.6 Å². The lowest BCUT2D eigenvalue weighted by atomic mass is 10.6. The van der Waals surface area contributed by atoms with E-state index < -0.39 is 51.1 Å². The Morgan fingerprint density at radius 1 is 1.00 bits per heavy atom. The van der Waals surface area contributed by atoms with Crippen LogP contribution in [0.4, 0.5) is 0 Å². The van der Waals surface area contributed by atoms with Gasteiger partial charge < -0.3 is 25.0 Å². The summed E-state index contributed by atoms with van der Waals surface area (Å²) in [4.78, 5) is 21.7. The average Bonchev–Trinajstić information content (AvgIpc) is 2.51. The van der Waals surface area contributed by atoms with Crippen molar-refractivity contribution in [1.82, 2.24) is 10.6 Å². The van der Waals surface area contributed by atoms with Crippen LogP contribution >= 0.6 is 0 Å². The maximum atomic E-state index is 10.8. The molecule has 108 valence electrons. The smallest absolute Gasteiger partial charge is 0.319 e. The van der Waals surface area contributed by atoms with Gasteiger partial charge in [-0.05, 0) is 0 Å². The molecule has 0 aliphatic heterocycles. The van der Waals surface area contributed by atoms with Gasteiger partial charge in [-0.2, -0.15) is 0 Å². The molecular formula is C10H22N2O6. The predicted octanol–water partition coefficient (Wildman–Crippen LogP) is -2.52. The molecular weight excluding hydrogens is 244 g/mol. The summed E-state index contributed by atoms with van der Waals surface area (Å²) in [6.45, 7) is -11.7. The summed E-state index contributed by atoms with van der Waals surface area (Å²) in [5.41, 5.74) is 0. The third-order valence-electron chi connectivity index (χ3n) is 1.03. The zero-order chi connectivity index (χ0) is 21.4. The second-order valence-electron chi connectivity index (χ2n) is 2.15. The molecule has 0 atom stereocenters. The molecule has 8 heteroatoms. The van der Waals surface area contributed by atoms with Gasteiger partial charge in [0.15, 0.2) is 0 Å². The number of carbonyl (C=O) groups excluding carboxylic acids is 2. The summed E-state index contributed by atoms with van der Waals surface area (Å²) in [6.07, 6.45) is 0. The quantitative estimate of drug-likeness (QED) is 0.360. The lowest BCUT2D eigenvalue weighted by Crippen LogP contribution is -2.29. The van der Waals surface area contributed by atoms with Crippen molar-refractivity contribution >= 4 is 11.9 Å². The van der Waals surface area contributed by atoms with Gasteiger partial charge >= 0.3 is 11.9 Å². The Morgan fingerprint density at radius 2 is 1.39 bits per heavy atom. The Labute approximate surface area is 118 Å². The Kier molecular flexibility index (Phi) is 7.06. The lowest BCUT2D eigenvalue weighted by Gasteiger charge is -2.00. The lowest BCUT2D eigenvalue weighted by molar-refractivity contribution is -0.141. The number of aliphatic hydroxyl groups is 2. The molecule has 0 unspecified atom stereocenters. The zero-order valence-corrected chi connectivity index (χ0v) is 9.94. The molecule has 0 radical (unpaired) electrons. The number of hydrogen-bond donors (Lipinski definition) is 4. The molecule has 0 bridgehead atoms. The molecule has 0 aromatic heterocycles. The largest absolute Gasteiger partial charge is 0.468 e. The van der Waals surface area contributed by atoms with E-state index in [-0.39, 0.29) is 0 Å². The Hall–Kier alpha value is -1.22. The van der Waals surface area contributed by atoms with Gasteiger partial charge in [0.2, 0.25) is 0 Å². The molecule has 0 saturated heterocycles. The van der Waals surface area contributed by atoms with Gasteiger partial charge in [0.05, 0.1) is 45.9 Å². The summed E-state index contributed by atoms with van der Waals surface area (Å²) in [5, 5.41) is 20.1. The van der Waals surface area contributed by atoms with Gasteiger partial charge in [-0.15, -0.1) is 0 Å². The molecule has 8 nitrogen and oxygen atoms in total. The van der Waals surface area contributed by atoms with Crippen LogP contribution in [0.15, 0.2) is 0 Å². The van der Waals surface area contributed by atoms with Crippen LogP contribution in [0, 0.1) is 0 Å². The molecule has 0 fully saturated rings. The third kappa shape index (κ3) is 17.2. The Morgan fingerprint density at radius 3 is 1.67 bits per heavy atom. The first-order valence-electron chi connectivity index (χ1n) is 8.47. The van der Waals surface area contributed by atoms with E-state index in [2.05, 4.69) is 9.47 Å². The van der Waals surface area contributed by atoms with E-state index in [1.807, 2.05) is 0 Å². The summed E-state index contributed by atoms with van der Waals surface area (Å²) in [7, 11) is 1.88. The SMILES string of the molecule is [3H]C([3H])(CO)NC([3H])([3H])CO.[3H]C([3H])(NC([3H])([3H])C(=O)OC)C(=O)OC. The van der Waals surface area contributed by atoms with Crippen molar-refractivity contribution < 1.29 is 40.2 Å². The second-order valence-corrected chi connectivity index (χ2v) is 2.15. The van der Waals surface area contributed by atoms with Crippen molar-refractivity contribution in [3.63, 3.8) is 0 Å². The standard InChI is InChI=1S/C6H11NO4.C4H11NO2/c1-10-5(8)3-7-4-6(9)11-2;6-3-1-5-2-4-7/h7H,3-4H2,1-2H3;5-7H,1-4H2/i3T2,4T2;1T2,2T2. The first kappa shape index (κ1) is 8.05. The van der Waals surface area contributed by atoms with Crippen LogP contribution in [0.5, 0.6) is 0 Å². The number of esters is 2. The highest BCUT2D eigenvalue weighted by Crippen LogP contribution is 1.72. The molecule has 0 aromatic rings. The maximum absolute atomic E-state index is 10.8. The van der Waals surface area contributed by atoms with Gasteiger partial charge in [-0.1, -0.05) is 0 Å². The highest BCUT2D eigenvalue weighted by molar-refractivity contribution is 5.74. The number of hydrogen-bond acceptors (Lipinski definition) is 8. The number of aliphatic hydroxyl groups excluding tert-OH is 2. The number of rotatable bonds is 8. The van der Waals surface area contributed by atoms with Crippen molar-refractivity contribution in [1.29, 1.82) is 0 Å². The topological polar surface area (TPSA) is 117 Å². The van der Waals surface area contributed by atoms with E-state index in [0.29, 0.717) is 0 Å². The summed E-state index contributed by atoms with van der Waals surface area (Å²) >= 11 is 0. The first-order chi connectivity index (χ1) is 11.5. The molecule has 0 aromatic carbocycles. The summed E-state index contributed by atoms with van der Waals surface area (Å²) in [6, 6.07) is 0. The summed E-state index contributed by atoms with van der Waals surface area (Å²) in [5.74, 6) is -2.68. The molecule has 0 amide bonds. The molecule has 0 heterocycles. The predicted molar refractivity (Wildman–Crippen MR) is 63.9 cm³/mol. The minimum Gasteiger partial charge on any atom is -0.468 e. The van der Waals surface area contributed by atoms with E-state index in [1.165, 1.54) is 0 Å². The van der Waals surface area contributed by atoms with E-state index >= 15 is 0 Å². The van der Waals surface area contributed by atoms with Crippen LogP contribution in [0.1, 0.15) is 11.0 Å². The first-order valence-corrected chi connectivity index (χ1v) is 4.47. The third-order valence-corrected chi connectivity index (χ3v) is 1.03. The number of nitrogens with one attached hydrogen (secondary N) is 2. The van der Waals surface area contributed by atoms with Crippen molar-refractivity contribution in [3.8, 4) is 0 Å². The Bertz CT molecular complexity index is 436. The fourth-order valence-corrected chi connectivity index (χ4v) is 0.377. The average molecular weight is 282 g/mol. The van der Waals surface area contributed by atoms with Gasteiger partial charge in [0.25, 0.3) is 0 Å². The second kappa shape index (κ2) is 15.8. The van der Waals surface area contributed by atoms with Crippen LogP contribution in [0.2, 0.25) is 0 Å². The molecule has 0 aliphatic carbocycles. The zero-order valence-electron chi connectivity index (χ0n) is 17.9. The van der Waals surface area contributed by atoms with Crippen molar-refractivity contribution in [3.05, 3.63) is 0 Å². The van der Waals surface area contributed by atoms with Crippen molar-refractivity contribution in [2.75, 3.05) is 53.4 Å². The van der Waals surface area contributed by atoms with Crippen LogP contribution in [0.3, 0.4) is 0 Å². The van der Waals surface area contributed by atoms with Crippen LogP contribution in [0.25, 0.3) is 0 Å².